The SMILES string of the molecule is COc1ccc(CC(C)(C)C)cc1C#N. The quantitative estimate of drug-likeness (QED) is 0.739. The molecular weight excluding hydrogens is 186 g/mol. The maximum absolute atomic E-state index is 8.94. The average Bonchev–Trinajstić information content (AvgIpc) is 2.15. The van der Waals surface area contributed by atoms with Crippen molar-refractivity contribution in [3.05, 3.63) is 29.3 Å². The Morgan fingerprint density at radius 2 is 2.00 bits per heavy atom. The number of methoxy groups -OCH3 is 1. The highest BCUT2D eigenvalue weighted by atomic mass is 16.5. The van der Waals surface area contributed by atoms with Crippen LogP contribution < -0.4 is 4.74 Å². The Labute approximate surface area is 91.5 Å². The lowest BCUT2D eigenvalue weighted by Gasteiger charge is -2.18. The van der Waals surface area contributed by atoms with E-state index in [4.69, 9.17) is 10.00 Å². The third kappa shape index (κ3) is 3.28. The Balaban J connectivity index is 3.00. The van der Waals surface area contributed by atoms with E-state index >= 15 is 0 Å². The predicted molar refractivity (Wildman–Crippen MR) is 60.9 cm³/mol. The molecule has 0 saturated carbocycles. The van der Waals surface area contributed by atoms with Crippen molar-refractivity contribution in [2.45, 2.75) is 27.2 Å². The summed E-state index contributed by atoms with van der Waals surface area (Å²) >= 11 is 0. The van der Waals surface area contributed by atoms with Gasteiger partial charge in [-0.05, 0) is 29.5 Å². The predicted octanol–water partition coefficient (Wildman–Crippen LogP) is 3.16. The summed E-state index contributed by atoms with van der Waals surface area (Å²) in [5.41, 5.74) is 2.03. The van der Waals surface area contributed by atoms with E-state index in [2.05, 4.69) is 26.8 Å². The van der Waals surface area contributed by atoms with Crippen LogP contribution in [0.2, 0.25) is 0 Å². The van der Waals surface area contributed by atoms with Gasteiger partial charge in [-0.1, -0.05) is 26.8 Å². The monoisotopic (exact) mass is 203 g/mol. The minimum absolute atomic E-state index is 0.237. The van der Waals surface area contributed by atoms with Crippen LogP contribution in [-0.4, -0.2) is 7.11 Å². The summed E-state index contributed by atoms with van der Waals surface area (Å²) < 4.78 is 5.10. The summed E-state index contributed by atoms with van der Waals surface area (Å²) in [6.07, 6.45) is 0.964. The molecule has 1 aromatic carbocycles. The van der Waals surface area contributed by atoms with Gasteiger partial charge >= 0.3 is 0 Å². The molecule has 0 spiro atoms. The van der Waals surface area contributed by atoms with Crippen LogP contribution in [0.1, 0.15) is 31.9 Å². The van der Waals surface area contributed by atoms with Crippen molar-refractivity contribution in [3.63, 3.8) is 0 Å². The molecule has 0 aliphatic heterocycles. The van der Waals surface area contributed by atoms with Gasteiger partial charge in [-0.25, -0.2) is 0 Å². The molecule has 0 atom stereocenters. The van der Waals surface area contributed by atoms with E-state index in [9.17, 15) is 0 Å². The van der Waals surface area contributed by atoms with Crippen molar-refractivity contribution in [1.29, 1.82) is 5.26 Å². The van der Waals surface area contributed by atoms with Gasteiger partial charge in [-0.2, -0.15) is 5.26 Å². The smallest absolute Gasteiger partial charge is 0.136 e. The van der Waals surface area contributed by atoms with Gasteiger partial charge in [0, 0.05) is 0 Å². The fourth-order valence-corrected chi connectivity index (χ4v) is 1.56. The average molecular weight is 203 g/mol. The molecule has 0 unspecified atom stereocenters. The van der Waals surface area contributed by atoms with Gasteiger partial charge in [0.2, 0.25) is 0 Å². The van der Waals surface area contributed by atoms with Gasteiger partial charge in [0.05, 0.1) is 12.7 Å². The molecule has 0 aromatic heterocycles. The van der Waals surface area contributed by atoms with E-state index in [0.29, 0.717) is 11.3 Å². The van der Waals surface area contributed by atoms with Gasteiger partial charge in [0.15, 0.2) is 0 Å². The lowest BCUT2D eigenvalue weighted by molar-refractivity contribution is 0.405. The molecule has 1 aromatic rings. The Hall–Kier alpha value is -1.49. The summed E-state index contributed by atoms with van der Waals surface area (Å²) in [7, 11) is 1.58. The summed E-state index contributed by atoms with van der Waals surface area (Å²) in [6, 6.07) is 7.93. The van der Waals surface area contributed by atoms with Crippen LogP contribution in [-0.2, 0) is 6.42 Å². The molecule has 15 heavy (non-hydrogen) atoms. The first-order chi connectivity index (χ1) is 6.96. The lowest BCUT2D eigenvalue weighted by atomic mass is 9.87. The van der Waals surface area contributed by atoms with Crippen molar-refractivity contribution in [1.82, 2.24) is 0 Å². The van der Waals surface area contributed by atoms with Gasteiger partial charge in [-0.15, -0.1) is 0 Å². The van der Waals surface area contributed by atoms with Crippen molar-refractivity contribution < 1.29 is 4.74 Å². The fourth-order valence-electron chi connectivity index (χ4n) is 1.56. The Bertz CT molecular complexity index is 383. The highest BCUT2D eigenvalue weighted by Gasteiger charge is 2.12. The fraction of sp³-hybridized carbons (Fsp3) is 0.462. The zero-order valence-corrected chi connectivity index (χ0v) is 9.79. The van der Waals surface area contributed by atoms with Gasteiger partial charge in [0.1, 0.15) is 11.8 Å². The van der Waals surface area contributed by atoms with E-state index in [1.165, 1.54) is 5.56 Å². The topological polar surface area (TPSA) is 33.0 Å². The summed E-state index contributed by atoms with van der Waals surface area (Å²) in [5.74, 6) is 0.648. The molecule has 0 fully saturated rings. The zero-order chi connectivity index (χ0) is 11.5. The Morgan fingerprint density at radius 1 is 1.33 bits per heavy atom. The number of rotatable bonds is 2. The summed E-state index contributed by atoms with van der Waals surface area (Å²) in [4.78, 5) is 0. The number of hydrogen-bond acceptors (Lipinski definition) is 2. The first kappa shape index (κ1) is 11.6. The third-order valence-corrected chi connectivity index (χ3v) is 2.12. The van der Waals surface area contributed by atoms with E-state index in [1.54, 1.807) is 7.11 Å². The van der Waals surface area contributed by atoms with E-state index in [1.807, 2.05) is 18.2 Å². The second-order valence-corrected chi connectivity index (χ2v) is 4.88. The second-order valence-electron chi connectivity index (χ2n) is 4.88. The molecule has 0 heterocycles. The van der Waals surface area contributed by atoms with Crippen molar-refractivity contribution in [3.8, 4) is 11.8 Å². The highest BCUT2D eigenvalue weighted by molar-refractivity contribution is 5.45. The molecule has 0 aliphatic rings. The molecule has 0 aliphatic carbocycles. The van der Waals surface area contributed by atoms with E-state index < -0.39 is 0 Å². The third-order valence-electron chi connectivity index (χ3n) is 2.12. The number of hydrogen-bond donors (Lipinski definition) is 0. The molecule has 0 N–H and O–H groups in total. The van der Waals surface area contributed by atoms with Crippen LogP contribution >= 0.6 is 0 Å². The van der Waals surface area contributed by atoms with E-state index in [0.717, 1.165) is 6.42 Å². The molecular formula is C13H17NO. The molecule has 0 saturated heterocycles. The second kappa shape index (κ2) is 4.35. The van der Waals surface area contributed by atoms with Crippen LogP contribution in [0, 0.1) is 16.7 Å². The van der Waals surface area contributed by atoms with Crippen LogP contribution in [0.4, 0.5) is 0 Å². The van der Waals surface area contributed by atoms with Crippen molar-refractivity contribution in [2.24, 2.45) is 5.41 Å². The normalized spacial score (nSPS) is 10.9. The number of nitrogens with zero attached hydrogens (tertiary/aromatic N) is 1. The van der Waals surface area contributed by atoms with Crippen LogP contribution in [0.3, 0.4) is 0 Å². The van der Waals surface area contributed by atoms with Crippen LogP contribution in [0.5, 0.6) is 5.75 Å². The summed E-state index contributed by atoms with van der Waals surface area (Å²) in [6.45, 7) is 6.55. The zero-order valence-electron chi connectivity index (χ0n) is 9.79. The van der Waals surface area contributed by atoms with Crippen LogP contribution in [0.15, 0.2) is 18.2 Å². The summed E-state index contributed by atoms with van der Waals surface area (Å²) in [5, 5.41) is 8.94. The lowest BCUT2D eigenvalue weighted by Crippen LogP contribution is -2.09. The Morgan fingerprint density at radius 3 is 2.47 bits per heavy atom. The molecule has 0 amide bonds. The first-order valence-corrected chi connectivity index (χ1v) is 5.03. The number of nitriles is 1. The molecule has 0 bridgehead atoms. The van der Waals surface area contributed by atoms with Gasteiger partial charge in [-0.3, -0.25) is 0 Å². The van der Waals surface area contributed by atoms with E-state index in [-0.39, 0.29) is 5.41 Å². The molecule has 1 rings (SSSR count). The van der Waals surface area contributed by atoms with Gasteiger partial charge in [0.25, 0.3) is 0 Å². The standard InChI is InChI=1S/C13H17NO/c1-13(2,3)8-10-5-6-12(15-4)11(7-10)9-14/h5-7H,8H2,1-4H3. The van der Waals surface area contributed by atoms with Crippen molar-refractivity contribution in [2.75, 3.05) is 7.11 Å². The maximum atomic E-state index is 8.94. The molecule has 2 heteroatoms. The molecule has 2 nitrogen and oxygen atoms in total. The van der Waals surface area contributed by atoms with Gasteiger partial charge < -0.3 is 4.74 Å². The number of benzene rings is 1. The molecule has 80 valence electrons. The minimum Gasteiger partial charge on any atom is -0.495 e. The van der Waals surface area contributed by atoms with Crippen LogP contribution in [0.25, 0.3) is 0 Å². The largest absolute Gasteiger partial charge is 0.495 e. The maximum Gasteiger partial charge on any atom is 0.136 e. The molecule has 0 radical (unpaired) electrons. The Kier molecular flexibility index (Phi) is 3.36. The first-order valence-electron chi connectivity index (χ1n) is 5.03. The highest BCUT2D eigenvalue weighted by Crippen LogP contribution is 2.24. The van der Waals surface area contributed by atoms with Crippen molar-refractivity contribution >= 4 is 0 Å². The minimum atomic E-state index is 0.237. The number of ether oxygens (including phenoxy) is 1.